The maximum absolute atomic E-state index is 14.2. The summed E-state index contributed by atoms with van der Waals surface area (Å²) in [6.45, 7) is 11.4. The van der Waals surface area contributed by atoms with E-state index in [0.29, 0.717) is 50.1 Å². The Morgan fingerprint density at radius 3 is 1.47 bits per heavy atom. The first kappa shape index (κ1) is 62.7. The van der Waals surface area contributed by atoms with Crippen molar-refractivity contribution in [3.05, 3.63) is 126 Å². The molecule has 2 aromatic heterocycles. The zero-order valence-corrected chi connectivity index (χ0v) is 49.3. The van der Waals surface area contributed by atoms with Crippen LogP contribution in [0.2, 0.25) is 0 Å². The van der Waals surface area contributed by atoms with Crippen LogP contribution in [-0.2, 0) is 46.6 Å². The summed E-state index contributed by atoms with van der Waals surface area (Å²) in [6, 6.07) is 4.27. The molecule has 6 aliphatic heterocycles. The minimum absolute atomic E-state index is 0. The maximum Gasteiger partial charge on any atom is 0.308 e. The summed E-state index contributed by atoms with van der Waals surface area (Å²) < 4.78 is 85.2. The first-order valence-corrected chi connectivity index (χ1v) is 28.6. The average molecular weight is 1220 g/mol. The van der Waals surface area contributed by atoms with Crippen molar-refractivity contribution in [2.45, 2.75) is 148 Å². The number of hydrogen-bond donors (Lipinski definition) is 2. The largest absolute Gasteiger partial charge is 0.482 e. The highest BCUT2D eigenvalue weighted by Crippen LogP contribution is 2.48. The van der Waals surface area contributed by atoms with Crippen LogP contribution in [0.4, 0.5) is 17.6 Å². The lowest BCUT2D eigenvalue weighted by molar-refractivity contribution is -0.152. The average Bonchev–Trinajstić information content (AvgIpc) is 1.74. The number of pyridine rings is 2. The molecule has 1 unspecified atom stereocenters. The number of carbonyl (C=O) groups excluding carboxylic acids is 6. The first-order valence-electron chi connectivity index (χ1n) is 28.6. The van der Waals surface area contributed by atoms with Crippen LogP contribution >= 0.6 is 0 Å². The summed E-state index contributed by atoms with van der Waals surface area (Å²) in [5.74, 6) is -7.64. The molecule has 87 heavy (non-hydrogen) atoms. The number of halogens is 4. The Morgan fingerprint density at radius 1 is 0.667 bits per heavy atom. The van der Waals surface area contributed by atoms with Crippen molar-refractivity contribution in [1.29, 1.82) is 0 Å². The number of carbonyl (C=O) groups is 6. The van der Waals surface area contributed by atoms with E-state index in [4.69, 9.17) is 33.4 Å². The molecular formula is C60H72F4N8O15. The molecule has 6 atom stereocenters. The van der Waals surface area contributed by atoms with E-state index in [2.05, 4.69) is 20.9 Å². The van der Waals surface area contributed by atoms with Crippen LogP contribution in [0.1, 0.15) is 168 Å². The second-order valence-corrected chi connectivity index (χ2v) is 23.4. The molecule has 2 N–H and O–H groups in total. The number of rotatable bonds is 16. The van der Waals surface area contributed by atoms with Crippen molar-refractivity contribution in [2.24, 2.45) is 22.1 Å². The van der Waals surface area contributed by atoms with Crippen LogP contribution in [0.3, 0.4) is 0 Å². The summed E-state index contributed by atoms with van der Waals surface area (Å²) in [5.41, 5.74) is -3.87. The zero-order valence-electron chi connectivity index (χ0n) is 49.3. The van der Waals surface area contributed by atoms with Crippen LogP contribution in [0.5, 0.6) is 11.5 Å². The molecule has 4 amide bonds. The third-order valence-electron chi connectivity index (χ3n) is 16.3. The fourth-order valence-electron chi connectivity index (χ4n) is 11.7. The van der Waals surface area contributed by atoms with Gasteiger partial charge in [-0.15, -0.1) is 0 Å². The van der Waals surface area contributed by atoms with Gasteiger partial charge in [0, 0.05) is 96.0 Å². The van der Waals surface area contributed by atoms with E-state index in [0.717, 1.165) is 17.8 Å². The Kier molecular flexibility index (Phi) is 18.5. The fraction of sp³-hybridized carbons (Fsp3) is 0.500. The molecule has 27 heteroatoms. The number of aromatic nitrogens is 2. The molecule has 10 rings (SSSR count). The number of nitrogens with one attached hydrogen (secondary N) is 2. The van der Waals surface area contributed by atoms with Crippen LogP contribution in [0.25, 0.3) is 0 Å². The monoisotopic (exact) mass is 1220 g/mol. The molecule has 0 radical (unpaired) electrons. The number of esters is 2. The van der Waals surface area contributed by atoms with Crippen molar-refractivity contribution in [2.75, 3.05) is 33.8 Å². The number of methoxy groups -OCH3 is 1. The number of hydrogen-bond acceptors (Lipinski definition) is 17. The smallest absolute Gasteiger partial charge is 0.308 e. The summed E-state index contributed by atoms with van der Waals surface area (Å²) in [7, 11) is 1.47. The summed E-state index contributed by atoms with van der Waals surface area (Å²) in [4.78, 5) is 122. The molecule has 4 aromatic rings. The van der Waals surface area contributed by atoms with Gasteiger partial charge in [0.2, 0.25) is 41.8 Å². The first-order chi connectivity index (χ1) is 41.3. The van der Waals surface area contributed by atoms with Gasteiger partial charge in [-0.3, -0.25) is 38.4 Å². The van der Waals surface area contributed by atoms with Gasteiger partial charge in [-0.25, -0.2) is 17.6 Å². The summed E-state index contributed by atoms with van der Waals surface area (Å²) >= 11 is 0. The van der Waals surface area contributed by atoms with Crippen molar-refractivity contribution >= 4 is 47.2 Å². The predicted molar refractivity (Wildman–Crippen MR) is 305 cm³/mol. The van der Waals surface area contributed by atoms with Crippen LogP contribution in [0.15, 0.2) is 68.7 Å². The van der Waals surface area contributed by atoms with Gasteiger partial charge in [-0.1, -0.05) is 50.1 Å². The quantitative estimate of drug-likeness (QED) is 0.0626. The van der Waals surface area contributed by atoms with E-state index in [1.807, 2.05) is 48.5 Å². The van der Waals surface area contributed by atoms with Crippen LogP contribution < -0.4 is 31.0 Å². The minimum atomic E-state index is -0.967. The highest BCUT2D eigenvalue weighted by molar-refractivity contribution is 6.01. The Morgan fingerprint density at radius 2 is 1.09 bits per heavy atom. The third kappa shape index (κ3) is 13.0. The zero-order chi connectivity index (χ0) is 62.8. The van der Waals surface area contributed by atoms with E-state index < -0.39 is 124 Å². The summed E-state index contributed by atoms with van der Waals surface area (Å²) in [5, 5.41) is 13.3. The van der Waals surface area contributed by atoms with Crippen molar-refractivity contribution in [3.63, 3.8) is 0 Å². The molecular weight excluding hydrogens is 1150 g/mol. The number of nitrogens with zero attached hydrogens (tertiary/aromatic N) is 6. The lowest BCUT2D eigenvalue weighted by atomic mass is 9.84. The molecule has 2 saturated heterocycles. The molecule has 470 valence electrons. The minimum Gasteiger partial charge on any atom is -0.482 e. The molecule has 2 spiro atoms. The van der Waals surface area contributed by atoms with Gasteiger partial charge in [0.05, 0.1) is 31.3 Å². The second kappa shape index (κ2) is 25.7. The molecule has 2 aromatic carbocycles. The third-order valence-corrected chi connectivity index (χ3v) is 16.3. The summed E-state index contributed by atoms with van der Waals surface area (Å²) in [6.07, 6.45) is 5.76. The number of oxime groups is 2. The van der Waals surface area contributed by atoms with E-state index in [-0.39, 0.29) is 100 Å². The second-order valence-electron chi connectivity index (χ2n) is 23.4. The van der Waals surface area contributed by atoms with Crippen molar-refractivity contribution < 1.29 is 82.5 Å². The molecule has 0 aliphatic carbocycles. The molecule has 23 nitrogen and oxygen atoms in total. The lowest BCUT2D eigenvalue weighted by Crippen LogP contribution is -2.52. The van der Waals surface area contributed by atoms with Crippen LogP contribution in [-0.4, -0.2) is 123 Å². The maximum atomic E-state index is 14.2. The predicted octanol–water partition coefficient (Wildman–Crippen LogP) is 7.47. The van der Waals surface area contributed by atoms with E-state index in [9.17, 15) is 55.9 Å². The Labute approximate surface area is 499 Å². The van der Waals surface area contributed by atoms with E-state index in [1.165, 1.54) is 40.8 Å². The van der Waals surface area contributed by atoms with E-state index in [1.54, 1.807) is 9.80 Å². The van der Waals surface area contributed by atoms with Gasteiger partial charge >= 0.3 is 11.9 Å². The molecule has 8 heterocycles. The lowest BCUT2D eigenvalue weighted by Gasteiger charge is -2.42. The topological polar surface area (TPSA) is 266 Å². The number of fused-ring (bicyclic) bond motifs is 10. The number of amides is 4. The molecule has 2 fully saturated rings. The van der Waals surface area contributed by atoms with E-state index >= 15 is 0 Å². The van der Waals surface area contributed by atoms with Gasteiger partial charge in [0.1, 0.15) is 34.4 Å². The molecule has 6 aliphatic rings. The van der Waals surface area contributed by atoms with Gasteiger partial charge < -0.3 is 62.9 Å². The Balaban J connectivity index is 0.000000248. The Hall–Kier alpha value is -8.78. The molecule has 0 saturated carbocycles. The van der Waals surface area contributed by atoms with Crippen molar-refractivity contribution in [1.82, 2.24) is 29.6 Å². The SMILES string of the molecule is CC1=NOC2(CC[C@H](C)N3C[C@H]2n2cc(C(=O)NCc4ccc(F)cc4F)c(=O)c(OCOC(=O)CC(C)C)c2C3=O)C1.COC1=NO[C@@]2(CC[C@H](C)N3C[C@H]2n2cc(C(=O)NCc4ccc(F)cc4F)c(=O)c(OCOC(=O)CC(C)C)c2C3=O)C1.[HH].[HH]. The van der Waals surface area contributed by atoms with Gasteiger partial charge in [-0.2, -0.15) is 0 Å². The highest BCUT2D eigenvalue weighted by Gasteiger charge is 2.56. The van der Waals surface area contributed by atoms with Crippen molar-refractivity contribution in [3.8, 4) is 11.5 Å². The van der Waals surface area contributed by atoms with Crippen LogP contribution in [0, 0.1) is 35.1 Å². The number of benzene rings is 2. The standard InChI is InChI=1S/C30H34F2N4O8.C30H34F2N4O7.2H2/c1-16(2)9-24(37)42-15-43-27-25-29(40)35-14-22(30(8-7-17(35)3)11-23(41-4)34-44-30)36(25)13-20(26(27)38)28(39)33-12-18-5-6-19(31)10-21(18)32;1-16(2)9-24(37)41-15-42-27-25-29(40)35-14-23(30(8-7-18(35)4)11-17(3)34-43-30)36(25)13-21(26(27)38)28(39)33-12-19-5-6-20(31)10-22(19)32;;/h5-6,10,13,16-17,22H,7-9,11-12,14-15H2,1-4H3,(H,33,39);5-6,10,13,16,18,23H,7-9,11-12,14-15H2,1-4H3,(H,33,39);2*1H/t17-,22+,30-;18-,23+,30?;;/m00../s1. The fourth-order valence-corrected chi connectivity index (χ4v) is 11.7. The normalized spacial score (nSPS) is 22.4. The van der Waals surface area contributed by atoms with Gasteiger partial charge in [0.15, 0.2) is 22.6 Å². The van der Waals surface area contributed by atoms with Gasteiger partial charge in [-0.05, 0) is 70.4 Å². The Bertz CT molecular complexity index is 3600. The molecule has 4 bridgehead atoms. The highest BCUT2D eigenvalue weighted by atomic mass is 19.1. The van der Waals surface area contributed by atoms with Gasteiger partial charge in [0.25, 0.3) is 23.6 Å². The number of ether oxygens (including phenoxy) is 5.